The van der Waals surface area contributed by atoms with Crippen molar-refractivity contribution in [2.24, 2.45) is 0 Å². The lowest BCUT2D eigenvalue weighted by atomic mass is 10.1. The van der Waals surface area contributed by atoms with Gasteiger partial charge in [-0.05, 0) is 30.7 Å². The Morgan fingerprint density at radius 3 is 2.55 bits per heavy atom. The zero-order valence-electron chi connectivity index (χ0n) is 16.9. The smallest absolute Gasteiger partial charge is 0.507 e. The first-order valence-corrected chi connectivity index (χ1v) is 11.5. The molecular formula is C19H18BrF3N2O7S. The second-order valence-corrected chi connectivity index (χ2v) is 9.60. The van der Waals surface area contributed by atoms with E-state index in [1.807, 2.05) is 4.72 Å². The molecule has 0 spiro atoms. The van der Waals surface area contributed by atoms with Crippen LogP contribution < -0.4 is 9.46 Å². The van der Waals surface area contributed by atoms with Crippen molar-refractivity contribution in [3.63, 3.8) is 0 Å². The summed E-state index contributed by atoms with van der Waals surface area (Å²) in [7, 11) is -3.15. The van der Waals surface area contributed by atoms with Crippen LogP contribution >= 0.6 is 15.9 Å². The Morgan fingerprint density at radius 2 is 1.94 bits per heavy atom. The molecule has 1 fully saturated rings. The van der Waals surface area contributed by atoms with Gasteiger partial charge >= 0.3 is 6.36 Å². The van der Waals surface area contributed by atoms with E-state index in [2.05, 4.69) is 20.7 Å². The molecule has 0 aromatic heterocycles. The fourth-order valence-electron chi connectivity index (χ4n) is 3.22. The van der Waals surface area contributed by atoms with Crippen LogP contribution in [0.5, 0.6) is 17.2 Å². The van der Waals surface area contributed by atoms with Crippen molar-refractivity contribution in [2.45, 2.75) is 23.8 Å². The van der Waals surface area contributed by atoms with Crippen molar-refractivity contribution in [1.82, 2.24) is 4.90 Å². The topological polar surface area (TPSA) is 125 Å². The first kappa shape index (κ1) is 24.9. The number of methoxy groups -OCH3 is 1. The second-order valence-electron chi connectivity index (χ2n) is 7.03. The van der Waals surface area contributed by atoms with Gasteiger partial charge in [0.2, 0.25) is 0 Å². The Morgan fingerprint density at radius 1 is 1.24 bits per heavy atom. The van der Waals surface area contributed by atoms with E-state index in [0.717, 1.165) is 12.1 Å². The fraction of sp³-hybridized carbons (Fsp3) is 0.316. The van der Waals surface area contributed by atoms with E-state index in [-0.39, 0.29) is 23.7 Å². The quantitative estimate of drug-likeness (QED) is 0.467. The summed E-state index contributed by atoms with van der Waals surface area (Å²) in [6.07, 6.45) is -4.96. The van der Waals surface area contributed by atoms with Crippen LogP contribution in [0, 0.1) is 0 Å². The number of hydrogen-bond donors (Lipinski definition) is 3. The molecule has 14 heteroatoms. The predicted octanol–water partition coefficient (Wildman–Crippen LogP) is 3.42. The van der Waals surface area contributed by atoms with Crippen molar-refractivity contribution in [2.75, 3.05) is 24.9 Å². The Hall–Kier alpha value is -2.71. The molecule has 3 rings (SSSR count). The average molecular weight is 555 g/mol. The van der Waals surface area contributed by atoms with Crippen molar-refractivity contribution in [3.05, 3.63) is 40.4 Å². The molecular weight excluding hydrogens is 537 g/mol. The SMILES string of the molecule is COC1CCN(C(=O)c2cc(OC(F)(F)F)cc(NS(=O)(=O)c3cc(Br)ccc3O)c2O)C1. The number of rotatable bonds is 6. The standard InChI is InChI=1S/C19H18BrF3N2O7S/c1-31-11-4-5-25(9-11)18(28)13-7-12(32-19(21,22)23)8-14(17(13)27)24-33(29,30)16-6-10(20)2-3-15(16)26/h2-3,6-8,11,24,26-27H,4-5,9H2,1H3. The van der Waals surface area contributed by atoms with Gasteiger partial charge in [-0.25, -0.2) is 8.42 Å². The van der Waals surface area contributed by atoms with Gasteiger partial charge < -0.3 is 24.6 Å². The van der Waals surface area contributed by atoms with Crippen LogP contribution in [-0.2, 0) is 14.8 Å². The number of nitrogens with zero attached hydrogens (tertiary/aromatic N) is 1. The maximum absolute atomic E-state index is 12.9. The third-order valence-electron chi connectivity index (χ3n) is 4.77. The highest BCUT2D eigenvalue weighted by Gasteiger charge is 2.34. The molecule has 3 N–H and O–H groups in total. The number of alkyl halides is 3. The molecule has 0 bridgehead atoms. The molecule has 9 nitrogen and oxygen atoms in total. The first-order chi connectivity index (χ1) is 15.3. The van der Waals surface area contributed by atoms with E-state index in [4.69, 9.17) is 4.74 Å². The van der Waals surface area contributed by atoms with Crippen molar-refractivity contribution in [1.29, 1.82) is 0 Å². The van der Waals surface area contributed by atoms with Crippen molar-refractivity contribution >= 4 is 37.5 Å². The van der Waals surface area contributed by atoms with E-state index in [9.17, 15) is 36.6 Å². The number of benzene rings is 2. The summed E-state index contributed by atoms with van der Waals surface area (Å²) in [5, 5.41) is 20.5. The minimum Gasteiger partial charge on any atom is -0.507 e. The van der Waals surface area contributed by atoms with E-state index >= 15 is 0 Å². The molecule has 1 atom stereocenters. The molecule has 2 aromatic carbocycles. The Bertz CT molecular complexity index is 1170. The number of carbonyl (C=O) groups excluding carboxylic acids is 1. The molecule has 1 aliphatic rings. The molecule has 1 amide bonds. The second kappa shape index (κ2) is 9.27. The van der Waals surface area contributed by atoms with Gasteiger partial charge in [-0.1, -0.05) is 15.9 Å². The van der Waals surface area contributed by atoms with Crippen LogP contribution in [0.2, 0.25) is 0 Å². The molecule has 2 aromatic rings. The highest BCUT2D eigenvalue weighted by molar-refractivity contribution is 9.10. The summed E-state index contributed by atoms with van der Waals surface area (Å²) in [5.74, 6) is -3.33. The molecule has 0 aliphatic carbocycles. The number of phenolic OH excluding ortho intramolecular Hbond substituents is 2. The number of likely N-dealkylation sites (tertiary alicyclic amines) is 1. The molecule has 180 valence electrons. The Labute approximate surface area is 194 Å². The first-order valence-electron chi connectivity index (χ1n) is 9.27. The third-order valence-corrected chi connectivity index (χ3v) is 6.66. The summed E-state index contributed by atoms with van der Waals surface area (Å²) >= 11 is 3.05. The number of aromatic hydroxyl groups is 2. The largest absolute Gasteiger partial charge is 0.573 e. The van der Waals surface area contributed by atoms with Gasteiger partial charge in [0.1, 0.15) is 16.4 Å². The maximum atomic E-state index is 12.9. The van der Waals surface area contributed by atoms with E-state index in [1.54, 1.807) is 0 Å². The predicted molar refractivity (Wildman–Crippen MR) is 113 cm³/mol. The van der Waals surface area contributed by atoms with Crippen LogP contribution in [-0.4, -0.2) is 62.1 Å². The van der Waals surface area contributed by atoms with E-state index in [1.165, 1.54) is 18.1 Å². The minimum atomic E-state index is -5.15. The monoisotopic (exact) mass is 554 g/mol. The number of anilines is 1. The number of phenols is 2. The van der Waals surface area contributed by atoms with Crippen molar-refractivity contribution in [3.8, 4) is 17.2 Å². The van der Waals surface area contributed by atoms with Gasteiger partial charge in [0.15, 0.2) is 5.75 Å². The number of halogens is 4. The highest BCUT2D eigenvalue weighted by atomic mass is 79.9. The van der Waals surface area contributed by atoms with Gasteiger partial charge in [-0.15, -0.1) is 13.2 Å². The van der Waals surface area contributed by atoms with E-state index in [0.29, 0.717) is 18.6 Å². The molecule has 0 saturated carbocycles. The Kier molecular flexibility index (Phi) is 7.00. The van der Waals surface area contributed by atoms with Gasteiger partial charge in [0.25, 0.3) is 15.9 Å². The molecule has 1 unspecified atom stereocenters. The number of sulfonamides is 1. The average Bonchev–Trinajstić information content (AvgIpc) is 3.19. The van der Waals surface area contributed by atoms with Crippen LogP contribution in [0.1, 0.15) is 16.8 Å². The summed E-state index contributed by atoms with van der Waals surface area (Å²) in [6, 6.07) is 4.74. The number of hydrogen-bond acceptors (Lipinski definition) is 7. The molecule has 1 aliphatic heterocycles. The normalized spacial score (nSPS) is 16.6. The van der Waals surface area contributed by atoms with Gasteiger partial charge in [0, 0.05) is 30.7 Å². The lowest BCUT2D eigenvalue weighted by Crippen LogP contribution is -2.30. The third kappa shape index (κ3) is 5.81. The summed E-state index contributed by atoms with van der Waals surface area (Å²) in [4.78, 5) is 13.5. The van der Waals surface area contributed by atoms with Crippen LogP contribution in [0.25, 0.3) is 0 Å². The zero-order chi connectivity index (χ0) is 24.6. The lowest BCUT2D eigenvalue weighted by molar-refractivity contribution is -0.274. The molecule has 1 heterocycles. The number of nitrogens with one attached hydrogen (secondary N) is 1. The number of ether oxygens (including phenoxy) is 2. The molecule has 0 radical (unpaired) electrons. The maximum Gasteiger partial charge on any atom is 0.573 e. The summed E-state index contributed by atoms with van der Waals surface area (Å²) in [5.41, 5.74) is -1.35. The highest BCUT2D eigenvalue weighted by Crippen LogP contribution is 2.38. The van der Waals surface area contributed by atoms with Gasteiger partial charge in [0.05, 0.1) is 17.4 Å². The van der Waals surface area contributed by atoms with Gasteiger partial charge in [-0.2, -0.15) is 0 Å². The summed E-state index contributed by atoms with van der Waals surface area (Å²) in [6.45, 7) is 0.347. The van der Waals surface area contributed by atoms with Crippen molar-refractivity contribution < 1.29 is 46.1 Å². The number of carbonyl (C=O) groups is 1. The number of amides is 1. The lowest BCUT2D eigenvalue weighted by Gasteiger charge is -2.20. The molecule has 1 saturated heterocycles. The summed E-state index contributed by atoms with van der Waals surface area (Å²) < 4.78 is 75.2. The van der Waals surface area contributed by atoms with Gasteiger partial charge in [-0.3, -0.25) is 9.52 Å². The van der Waals surface area contributed by atoms with Crippen LogP contribution in [0.15, 0.2) is 39.7 Å². The van der Waals surface area contributed by atoms with Crippen LogP contribution in [0.3, 0.4) is 0 Å². The molecule has 33 heavy (non-hydrogen) atoms. The zero-order valence-corrected chi connectivity index (χ0v) is 19.3. The fourth-order valence-corrected chi connectivity index (χ4v) is 4.91. The Balaban J connectivity index is 2.05. The van der Waals surface area contributed by atoms with Crippen LogP contribution in [0.4, 0.5) is 18.9 Å². The minimum absolute atomic E-state index is 0.131. The van der Waals surface area contributed by atoms with E-state index < -0.39 is 55.7 Å².